The normalized spacial score (nSPS) is 19.8. The van der Waals surface area contributed by atoms with E-state index in [9.17, 15) is 12.8 Å². The molecule has 1 fully saturated rings. The van der Waals surface area contributed by atoms with Crippen LogP contribution in [0.1, 0.15) is 25.8 Å². The summed E-state index contributed by atoms with van der Waals surface area (Å²) in [5.41, 5.74) is 0.535. The molecule has 0 aromatic heterocycles. The van der Waals surface area contributed by atoms with Crippen LogP contribution in [0.5, 0.6) is 0 Å². The molecular weight excluding hydrogens is 289 g/mol. The Labute approximate surface area is 118 Å². The fourth-order valence-electron chi connectivity index (χ4n) is 2.24. The maximum absolute atomic E-state index is 13.8. The second kappa shape index (κ2) is 5.04. The summed E-state index contributed by atoms with van der Waals surface area (Å²) in [6.45, 7) is 4.86. The van der Waals surface area contributed by atoms with Gasteiger partial charge in [-0.25, -0.2) is 12.8 Å². The second-order valence-corrected chi connectivity index (χ2v) is 7.82. The van der Waals surface area contributed by atoms with Gasteiger partial charge in [-0.3, -0.25) is 0 Å². The first-order chi connectivity index (χ1) is 8.76. The van der Waals surface area contributed by atoms with Gasteiger partial charge in [0.05, 0.1) is 0 Å². The van der Waals surface area contributed by atoms with Crippen molar-refractivity contribution in [3.05, 3.63) is 29.6 Å². The average Bonchev–Trinajstić information content (AvgIpc) is 2.71. The quantitative estimate of drug-likeness (QED) is 0.805. The third-order valence-electron chi connectivity index (χ3n) is 3.41. The Balaban J connectivity index is 2.40. The van der Waals surface area contributed by atoms with E-state index in [0.29, 0.717) is 18.7 Å². The molecule has 0 amide bonds. The van der Waals surface area contributed by atoms with Crippen molar-refractivity contribution < 1.29 is 12.8 Å². The van der Waals surface area contributed by atoms with Gasteiger partial charge in [-0.1, -0.05) is 19.9 Å². The highest BCUT2D eigenvalue weighted by atomic mass is 35.5. The van der Waals surface area contributed by atoms with E-state index in [2.05, 4.69) is 0 Å². The number of benzene rings is 1. The molecule has 0 radical (unpaired) electrons. The Morgan fingerprint density at radius 2 is 2.11 bits per heavy atom. The molecule has 106 valence electrons. The first kappa shape index (κ1) is 14.8. The molecule has 1 aromatic carbocycles. The van der Waals surface area contributed by atoms with Crippen molar-refractivity contribution in [3.63, 3.8) is 0 Å². The van der Waals surface area contributed by atoms with Crippen molar-refractivity contribution in [1.82, 2.24) is 4.31 Å². The predicted octanol–water partition coefficient (Wildman–Crippen LogP) is 2.99. The molecule has 0 saturated carbocycles. The molecule has 0 atom stereocenters. The molecular formula is C13H17ClFNO2S. The topological polar surface area (TPSA) is 37.4 Å². The molecule has 1 aliphatic rings. The Hall–Kier alpha value is -0.650. The molecule has 0 spiro atoms. The average molecular weight is 306 g/mol. The van der Waals surface area contributed by atoms with E-state index in [-0.39, 0.29) is 16.2 Å². The third kappa shape index (κ3) is 2.93. The van der Waals surface area contributed by atoms with Crippen LogP contribution < -0.4 is 0 Å². The molecule has 2 rings (SSSR count). The first-order valence-electron chi connectivity index (χ1n) is 6.11. The molecule has 6 heteroatoms. The number of rotatable bonds is 3. The van der Waals surface area contributed by atoms with Crippen molar-refractivity contribution in [2.75, 3.05) is 13.1 Å². The molecule has 1 aromatic rings. The molecule has 19 heavy (non-hydrogen) atoms. The van der Waals surface area contributed by atoms with E-state index in [1.165, 1.54) is 16.4 Å². The number of nitrogens with zero attached hydrogens (tertiary/aromatic N) is 1. The van der Waals surface area contributed by atoms with Crippen molar-refractivity contribution in [1.29, 1.82) is 0 Å². The lowest BCUT2D eigenvalue weighted by Crippen LogP contribution is -2.31. The van der Waals surface area contributed by atoms with Crippen LogP contribution in [0.3, 0.4) is 0 Å². The van der Waals surface area contributed by atoms with Crippen LogP contribution in [0, 0.1) is 11.2 Å². The van der Waals surface area contributed by atoms with Gasteiger partial charge in [0.2, 0.25) is 10.0 Å². The molecule has 0 bridgehead atoms. The van der Waals surface area contributed by atoms with Crippen molar-refractivity contribution in [2.45, 2.75) is 31.0 Å². The number of sulfonamides is 1. The van der Waals surface area contributed by atoms with Crippen LogP contribution in [0.4, 0.5) is 4.39 Å². The highest BCUT2D eigenvalue weighted by Gasteiger charge is 2.37. The second-order valence-electron chi connectivity index (χ2n) is 5.65. The van der Waals surface area contributed by atoms with E-state index in [4.69, 9.17) is 11.6 Å². The zero-order valence-electron chi connectivity index (χ0n) is 11.0. The van der Waals surface area contributed by atoms with Gasteiger partial charge in [0, 0.05) is 19.0 Å². The Kier molecular flexibility index (Phi) is 3.91. The number of hydrogen-bond donors (Lipinski definition) is 0. The standard InChI is InChI=1S/C13H17ClFNO2S/c1-13(2)5-6-16(9-13)19(17,18)12-7-10(8-14)3-4-11(12)15/h3-4,7H,5-6,8-9H2,1-2H3. The smallest absolute Gasteiger partial charge is 0.207 e. The molecule has 0 aliphatic carbocycles. The Morgan fingerprint density at radius 3 is 2.63 bits per heavy atom. The highest BCUT2D eigenvalue weighted by Crippen LogP contribution is 2.33. The SMILES string of the molecule is CC1(C)CCN(S(=O)(=O)c2cc(CCl)ccc2F)C1. The van der Waals surface area contributed by atoms with Crippen LogP contribution in [0.15, 0.2) is 23.1 Å². The minimum absolute atomic E-state index is 0.0619. The van der Waals surface area contributed by atoms with Crippen LogP contribution >= 0.6 is 11.6 Å². The maximum atomic E-state index is 13.8. The van der Waals surface area contributed by atoms with E-state index < -0.39 is 15.8 Å². The van der Waals surface area contributed by atoms with Crippen molar-refractivity contribution in [2.24, 2.45) is 5.41 Å². The molecule has 3 nitrogen and oxygen atoms in total. The fraction of sp³-hybridized carbons (Fsp3) is 0.538. The predicted molar refractivity (Wildman–Crippen MR) is 73.1 cm³/mol. The largest absolute Gasteiger partial charge is 0.246 e. The monoisotopic (exact) mass is 305 g/mol. The van der Waals surface area contributed by atoms with Gasteiger partial charge in [0.25, 0.3) is 0 Å². The highest BCUT2D eigenvalue weighted by molar-refractivity contribution is 7.89. The Morgan fingerprint density at radius 1 is 1.42 bits per heavy atom. The zero-order valence-corrected chi connectivity index (χ0v) is 12.6. The molecule has 1 aliphatic heterocycles. The third-order valence-corrected chi connectivity index (χ3v) is 5.58. The Bertz CT molecular complexity index is 586. The minimum Gasteiger partial charge on any atom is -0.207 e. The lowest BCUT2D eigenvalue weighted by molar-refractivity contribution is 0.374. The first-order valence-corrected chi connectivity index (χ1v) is 8.08. The van der Waals surface area contributed by atoms with E-state index in [1.54, 1.807) is 0 Å². The number of hydrogen-bond acceptors (Lipinski definition) is 2. The summed E-state index contributed by atoms with van der Waals surface area (Å²) in [5, 5.41) is 0. The zero-order chi connectivity index (χ0) is 14.3. The summed E-state index contributed by atoms with van der Waals surface area (Å²) in [4.78, 5) is -0.275. The van der Waals surface area contributed by atoms with E-state index in [1.807, 2.05) is 13.8 Å². The van der Waals surface area contributed by atoms with Gasteiger partial charge in [0.15, 0.2) is 0 Å². The van der Waals surface area contributed by atoms with Gasteiger partial charge in [-0.15, -0.1) is 11.6 Å². The van der Waals surface area contributed by atoms with Gasteiger partial charge in [-0.05, 0) is 29.5 Å². The molecule has 1 heterocycles. The fourth-order valence-corrected chi connectivity index (χ4v) is 4.15. The van der Waals surface area contributed by atoms with Crippen LogP contribution in [-0.2, 0) is 15.9 Å². The van der Waals surface area contributed by atoms with E-state index >= 15 is 0 Å². The van der Waals surface area contributed by atoms with Gasteiger partial charge < -0.3 is 0 Å². The van der Waals surface area contributed by atoms with Crippen LogP contribution in [0.2, 0.25) is 0 Å². The van der Waals surface area contributed by atoms with Gasteiger partial charge in [-0.2, -0.15) is 4.31 Å². The summed E-state index contributed by atoms with van der Waals surface area (Å²) in [6.07, 6.45) is 0.781. The van der Waals surface area contributed by atoms with Crippen molar-refractivity contribution >= 4 is 21.6 Å². The van der Waals surface area contributed by atoms with Crippen LogP contribution in [0.25, 0.3) is 0 Å². The van der Waals surface area contributed by atoms with Gasteiger partial charge in [0.1, 0.15) is 10.7 Å². The summed E-state index contributed by atoms with van der Waals surface area (Å²) in [7, 11) is -3.77. The summed E-state index contributed by atoms with van der Waals surface area (Å²) >= 11 is 5.68. The summed E-state index contributed by atoms with van der Waals surface area (Å²) < 4.78 is 40.1. The van der Waals surface area contributed by atoms with E-state index in [0.717, 1.165) is 12.5 Å². The van der Waals surface area contributed by atoms with Crippen molar-refractivity contribution in [3.8, 4) is 0 Å². The lowest BCUT2D eigenvalue weighted by atomic mass is 9.93. The summed E-state index contributed by atoms with van der Waals surface area (Å²) in [5.74, 6) is -0.563. The number of halogens is 2. The number of alkyl halides is 1. The molecule has 0 N–H and O–H groups in total. The molecule has 0 unspecified atom stereocenters. The maximum Gasteiger partial charge on any atom is 0.246 e. The lowest BCUT2D eigenvalue weighted by Gasteiger charge is -2.20. The van der Waals surface area contributed by atoms with Gasteiger partial charge >= 0.3 is 0 Å². The summed E-state index contributed by atoms with van der Waals surface area (Å²) in [6, 6.07) is 3.98. The molecule has 1 saturated heterocycles. The minimum atomic E-state index is -3.77. The van der Waals surface area contributed by atoms with Crippen LogP contribution in [-0.4, -0.2) is 25.8 Å².